The Kier molecular flexibility index (Phi) is 3.94. The average Bonchev–Trinajstić information content (AvgIpc) is 2.94. The van der Waals surface area contributed by atoms with Gasteiger partial charge in [0.05, 0.1) is 13.2 Å². The highest BCUT2D eigenvalue weighted by molar-refractivity contribution is 7.09. The molecule has 2 aliphatic heterocycles. The minimum atomic E-state index is 0.735. The summed E-state index contributed by atoms with van der Waals surface area (Å²) < 4.78 is 5.22. The number of hydrogen-bond acceptors (Lipinski definition) is 5. The molecule has 18 heavy (non-hydrogen) atoms. The molecule has 2 fully saturated rings. The van der Waals surface area contributed by atoms with E-state index in [0.717, 1.165) is 31.8 Å². The average molecular weight is 267 g/mol. The Morgan fingerprint density at radius 2 is 2.17 bits per heavy atom. The van der Waals surface area contributed by atoms with Crippen LogP contribution in [0.3, 0.4) is 0 Å². The molecule has 3 rings (SSSR count). The van der Waals surface area contributed by atoms with Crippen LogP contribution in [0.2, 0.25) is 0 Å². The van der Waals surface area contributed by atoms with Crippen molar-refractivity contribution in [3.05, 3.63) is 16.6 Å². The highest BCUT2D eigenvalue weighted by Gasteiger charge is 2.39. The highest BCUT2D eigenvalue weighted by Crippen LogP contribution is 2.30. The van der Waals surface area contributed by atoms with E-state index in [0.29, 0.717) is 0 Å². The van der Waals surface area contributed by atoms with E-state index in [9.17, 15) is 0 Å². The third-order valence-electron chi connectivity index (χ3n) is 4.10. The Labute approximate surface area is 113 Å². The third-order valence-corrected chi connectivity index (χ3v) is 4.87. The summed E-state index contributed by atoms with van der Waals surface area (Å²) in [6, 6.07) is 1.47. The topological polar surface area (TPSA) is 28.6 Å². The van der Waals surface area contributed by atoms with E-state index < -0.39 is 0 Å². The number of aromatic nitrogens is 1. The molecule has 1 aromatic heterocycles. The van der Waals surface area contributed by atoms with Gasteiger partial charge in [-0.1, -0.05) is 0 Å². The number of methoxy groups -OCH3 is 1. The molecule has 0 N–H and O–H groups in total. The number of nitrogens with zero attached hydrogens (tertiary/aromatic N) is 3. The Morgan fingerprint density at radius 1 is 1.39 bits per heavy atom. The van der Waals surface area contributed by atoms with Crippen molar-refractivity contribution in [3.8, 4) is 0 Å². The smallest absolute Gasteiger partial charge is 0.107 e. The van der Waals surface area contributed by atoms with Crippen LogP contribution >= 0.6 is 11.3 Å². The van der Waals surface area contributed by atoms with Crippen molar-refractivity contribution in [1.82, 2.24) is 14.8 Å². The summed E-state index contributed by atoms with van der Waals surface area (Å²) in [5.41, 5.74) is 0. The Morgan fingerprint density at radius 3 is 2.78 bits per heavy atom. The number of ether oxygens (including phenoxy) is 1. The maximum absolute atomic E-state index is 5.22. The number of hydrogen-bond donors (Lipinski definition) is 0. The number of fused-ring (bicyclic) bond motifs is 2. The molecule has 3 heterocycles. The molecule has 2 unspecified atom stereocenters. The van der Waals surface area contributed by atoms with Gasteiger partial charge < -0.3 is 4.74 Å². The minimum Gasteiger partial charge on any atom is -0.383 e. The lowest BCUT2D eigenvalue weighted by molar-refractivity contribution is 0.0416. The molecule has 0 amide bonds. The quantitative estimate of drug-likeness (QED) is 0.807. The molecule has 0 saturated carbocycles. The Hall–Kier alpha value is -0.490. The fraction of sp³-hybridized carbons (Fsp3) is 0.769. The monoisotopic (exact) mass is 267 g/mol. The third kappa shape index (κ3) is 2.59. The molecule has 4 nitrogen and oxygen atoms in total. The molecule has 0 spiro atoms. The van der Waals surface area contributed by atoms with Crippen LogP contribution in [0.15, 0.2) is 11.6 Å². The number of thiazole rings is 1. The van der Waals surface area contributed by atoms with E-state index in [-0.39, 0.29) is 0 Å². The lowest BCUT2D eigenvalue weighted by Crippen LogP contribution is -2.54. The Bertz CT molecular complexity index is 356. The van der Waals surface area contributed by atoms with Gasteiger partial charge in [-0.05, 0) is 12.8 Å². The van der Waals surface area contributed by atoms with Crippen molar-refractivity contribution in [2.45, 2.75) is 31.5 Å². The van der Waals surface area contributed by atoms with Gasteiger partial charge in [0.15, 0.2) is 0 Å². The van der Waals surface area contributed by atoms with Crippen LogP contribution < -0.4 is 0 Å². The fourth-order valence-electron chi connectivity index (χ4n) is 3.29. The lowest BCUT2D eigenvalue weighted by atomic mass is 10.2. The van der Waals surface area contributed by atoms with E-state index in [2.05, 4.69) is 20.2 Å². The molecule has 0 radical (unpaired) electrons. The number of rotatable bonds is 5. The zero-order valence-corrected chi connectivity index (χ0v) is 11.7. The van der Waals surface area contributed by atoms with Gasteiger partial charge in [-0.15, -0.1) is 11.3 Å². The van der Waals surface area contributed by atoms with E-state index in [4.69, 9.17) is 4.74 Å². The van der Waals surface area contributed by atoms with Crippen molar-refractivity contribution in [3.63, 3.8) is 0 Å². The maximum Gasteiger partial charge on any atom is 0.107 e. The van der Waals surface area contributed by atoms with Crippen LogP contribution in [-0.4, -0.2) is 60.2 Å². The molecule has 2 bridgehead atoms. The lowest BCUT2D eigenvalue weighted by Gasteiger charge is -2.40. The number of piperazine rings is 1. The van der Waals surface area contributed by atoms with Gasteiger partial charge >= 0.3 is 0 Å². The van der Waals surface area contributed by atoms with Crippen LogP contribution in [0, 0.1) is 0 Å². The summed E-state index contributed by atoms with van der Waals surface area (Å²) in [7, 11) is 1.79. The molecule has 1 aromatic rings. The SMILES string of the molecule is COCCN1C2CCC1CN(Cc1nccs1)C2. The summed E-state index contributed by atoms with van der Waals surface area (Å²) in [5.74, 6) is 0. The van der Waals surface area contributed by atoms with E-state index >= 15 is 0 Å². The first-order chi connectivity index (χ1) is 8.86. The largest absolute Gasteiger partial charge is 0.383 e. The van der Waals surface area contributed by atoms with Crippen LogP contribution in [0.1, 0.15) is 17.8 Å². The summed E-state index contributed by atoms with van der Waals surface area (Å²) in [4.78, 5) is 9.62. The second-order valence-corrected chi connectivity index (χ2v) is 6.21. The molecule has 5 heteroatoms. The van der Waals surface area contributed by atoms with Crippen LogP contribution in [-0.2, 0) is 11.3 Å². The Balaban J connectivity index is 1.57. The second-order valence-electron chi connectivity index (χ2n) is 5.24. The zero-order chi connectivity index (χ0) is 12.4. The van der Waals surface area contributed by atoms with Gasteiger partial charge in [0.1, 0.15) is 5.01 Å². The van der Waals surface area contributed by atoms with Crippen molar-refractivity contribution in [1.29, 1.82) is 0 Å². The molecular weight excluding hydrogens is 246 g/mol. The first kappa shape index (κ1) is 12.5. The summed E-state index contributed by atoms with van der Waals surface area (Å²) >= 11 is 1.77. The molecule has 2 aliphatic rings. The first-order valence-corrected chi connectivity index (χ1v) is 7.60. The first-order valence-electron chi connectivity index (χ1n) is 6.72. The normalized spacial score (nSPS) is 28.9. The number of likely N-dealkylation sites (tertiary alicyclic amines) is 1. The fourth-order valence-corrected chi connectivity index (χ4v) is 3.95. The minimum absolute atomic E-state index is 0.735. The van der Waals surface area contributed by atoms with Gasteiger partial charge in [-0.25, -0.2) is 4.98 Å². The van der Waals surface area contributed by atoms with Crippen molar-refractivity contribution in [2.75, 3.05) is 33.4 Å². The van der Waals surface area contributed by atoms with Crippen molar-refractivity contribution < 1.29 is 4.74 Å². The van der Waals surface area contributed by atoms with Gasteiger partial charge in [0.25, 0.3) is 0 Å². The molecule has 0 aromatic carbocycles. The van der Waals surface area contributed by atoms with Gasteiger partial charge in [0, 0.05) is 50.4 Å². The van der Waals surface area contributed by atoms with Crippen LogP contribution in [0.4, 0.5) is 0 Å². The zero-order valence-electron chi connectivity index (χ0n) is 10.9. The molecule has 2 atom stereocenters. The predicted molar refractivity (Wildman–Crippen MR) is 72.8 cm³/mol. The van der Waals surface area contributed by atoms with Crippen LogP contribution in [0.5, 0.6) is 0 Å². The van der Waals surface area contributed by atoms with Crippen molar-refractivity contribution >= 4 is 11.3 Å². The summed E-state index contributed by atoms with van der Waals surface area (Å²) in [6.45, 7) is 5.37. The molecule has 0 aliphatic carbocycles. The molecular formula is C13H21N3OS. The standard InChI is InChI=1S/C13H21N3OS/c1-17-6-5-16-11-2-3-12(16)9-15(8-11)10-13-14-4-7-18-13/h4,7,11-12H,2-3,5-6,8-10H2,1H3. The summed E-state index contributed by atoms with van der Waals surface area (Å²) in [6.07, 6.45) is 4.61. The molecule has 2 saturated heterocycles. The molecule has 100 valence electrons. The van der Waals surface area contributed by atoms with Gasteiger partial charge in [-0.2, -0.15) is 0 Å². The van der Waals surface area contributed by atoms with Crippen molar-refractivity contribution in [2.24, 2.45) is 0 Å². The maximum atomic E-state index is 5.22. The summed E-state index contributed by atoms with van der Waals surface area (Å²) in [5, 5.41) is 3.32. The van der Waals surface area contributed by atoms with Gasteiger partial charge in [0.2, 0.25) is 0 Å². The van der Waals surface area contributed by atoms with Crippen LogP contribution in [0.25, 0.3) is 0 Å². The van der Waals surface area contributed by atoms with Gasteiger partial charge in [-0.3, -0.25) is 9.80 Å². The van der Waals surface area contributed by atoms with E-state index in [1.54, 1.807) is 18.4 Å². The highest BCUT2D eigenvalue weighted by atomic mass is 32.1. The van der Waals surface area contributed by atoms with E-state index in [1.165, 1.54) is 30.9 Å². The van der Waals surface area contributed by atoms with E-state index in [1.807, 2.05) is 6.20 Å². The predicted octanol–water partition coefficient (Wildman–Crippen LogP) is 1.44. The second kappa shape index (κ2) is 5.65.